The lowest BCUT2D eigenvalue weighted by Crippen LogP contribution is -2.66. The highest BCUT2D eigenvalue weighted by atomic mass is 19.1. The van der Waals surface area contributed by atoms with E-state index in [9.17, 15) is 9.18 Å². The molecule has 174 valence electrons. The molecular formula is C22H32FN7O2. The molecule has 1 amide bonds. The standard InChI is InChI=1S/C22H32FN7O2/c23-12-7-14-17-19(14)28-21(24)18(20(17)26-8-12)22(31)27-15-9-25-2-1-16(15)30-4-3-29-5-6-32-11-13(29)10-30/h8,12-13,15-16,18,21,25,28H,1-7,9-11,24H2,(H,27,31)/t12?,13-,15?,16?,18?,21?/m1/s1. The van der Waals surface area contributed by atoms with Gasteiger partial charge in [0.05, 0.1) is 31.1 Å². The number of aliphatic imine (C=N–C) groups is 1. The van der Waals surface area contributed by atoms with Crippen LogP contribution in [0.25, 0.3) is 0 Å². The summed E-state index contributed by atoms with van der Waals surface area (Å²) in [5.41, 5.74) is 9.69. The molecule has 5 heterocycles. The maximum atomic E-state index is 14.0. The van der Waals surface area contributed by atoms with Crippen molar-refractivity contribution in [2.75, 3.05) is 52.5 Å². The Labute approximate surface area is 187 Å². The fourth-order valence-corrected chi connectivity index (χ4v) is 6.06. The second-order valence-corrected chi connectivity index (χ2v) is 9.69. The van der Waals surface area contributed by atoms with Gasteiger partial charge in [-0.2, -0.15) is 0 Å². The third-order valence-corrected chi connectivity index (χ3v) is 7.78. The number of nitrogens with one attached hydrogen (secondary N) is 3. The maximum Gasteiger partial charge on any atom is 0.232 e. The Balaban J connectivity index is 1.17. The molecule has 1 aliphatic carbocycles. The number of ether oxygens (including phenoxy) is 1. The molecule has 6 rings (SSSR count). The van der Waals surface area contributed by atoms with Crippen LogP contribution < -0.4 is 21.7 Å². The van der Waals surface area contributed by atoms with Gasteiger partial charge in [0.1, 0.15) is 12.1 Å². The molecule has 0 bridgehead atoms. The minimum Gasteiger partial charge on any atom is -0.378 e. The quantitative estimate of drug-likeness (QED) is 0.427. The summed E-state index contributed by atoms with van der Waals surface area (Å²) in [6.45, 7) is 7.29. The van der Waals surface area contributed by atoms with Crippen molar-refractivity contribution in [3.05, 3.63) is 22.5 Å². The Hall–Kier alpha value is -1.85. The largest absolute Gasteiger partial charge is 0.378 e. The van der Waals surface area contributed by atoms with Crippen molar-refractivity contribution in [3.63, 3.8) is 0 Å². The molecule has 10 heteroatoms. The van der Waals surface area contributed by atoms with Gasteiger partial charge >= 0.3 is 0 Å². The van der Waals surface area contributed by atoms with Gasteiger partial charge < -0.3 is 26.4 Å². The summed E-state index contributed by atoms with van der Waals surface area (Å²) in [4.78, 5) is 22.9. The SMILES string of the molecule is NC1NC2=C3CC(F)C=NC(=C32)C1C(=O)NC1CNCCC1N1CCN2CCOC[C@H]2C1. The normalized spacial score (nSPS) is 39.7. The molecule has 0 saturated carbocycles. The number of fused-ring (bicyclic) bond motifs is 1. The molecule has 0 spiro atoms. The van der Waals surface area contributed by atoms with E-state index in [1.54, 1.807) is 0 Å². The summed E-state index contributed by atoms with van der Waals surface area (Å²) < 4.78 is 19.7. The molecule has 32 heavy (non-hydrogen) atoms. The smallest absolute Gasteiger partial charge is 0.232 e. The van der Waals surface area contributed by atoms with Crippen LogP contribution in [0.2, 0.25) is 0 Å². The number of amides is 1. The number of hydrogen-bond donors (Lipinski definition) is 4. The van der Waals surface area contributed by atoms with Gasteiger partial charge in [0.15, 0.2) is 0 Å². The number of halogens is 1. The lowest BCUT2D eigenvalue weighted by Gasteiger charge is -2.49. The number of nitrogens with zero attached hydrogens (tertiary/aromatic N) is 3. The minimum absolute atomic E-state index is 0.0122. The van der Waals surface area contributed by atoms with Gasteiger partial charge in [0.25, 0.3) is 0 Å². The number of hydrogen-bond acceptors (Lipinski definition) is 8. The predicted octanol–water partition coefficient (Wildman–Crippen LogP) is -1.31. The second kappa shape index (κ2) is 8.18. The Kier molecular flexibility index (Phi) is 5.30. The summed E-state index contributed by atoms with van der Waals surface area (Å²) in [6.07, 6.45) is 0.918. The first-order chi connectivity index (χ1) is 15.6. The minimum atomic E-state index is -1.12. The monoisotopic (exact) mass is 445 g/mol. The predicted molar refractivity (Wildman–Crippen MR) is 118 cm³/mol. The van der Waals surface area contributed by atoms with Gasteiger partial charge in [-0.3, -0.25) is 19.6 Å². The Morgan fingerprint density at radius 1 is 1.31 bits per heavy atom. The summed E-state index contributed by atoms with van der Waals surface area (Å²) in [5, 5.41) is 9.92. The first-order valence-corrected chi connectivity index (χ1v) is 11.9. The number of piperazine rings is 1. The number of rotatable bonds is 3. The second-order valence-electron chi connectivity index (χ2n) is 9.69. The van der Waals surface area contributed by atoms with Crippen molar-refractivity contribution in [1.82, 2.24) is 25.8 Å². The zero-order chi connectivity index (χ0) is 21.8. The molecule has 0 aromatic carbocycles. The average Bonchev–Trinajstić information content (AvgIpc) is 3.51. The fraction of sp³-hybridized carbons (Fsp3) is 0.727. The molecule has 3 saturated heterocycles. The molecule has 5 aliphatic heterocycles. The van der Waals surface area contributed by atoms with Crippen molar-refractivity contribution in [2.24, 2.45) is 16.6 Å². The molecule has 5 N–H and O–H groups in total. The van der Waals surface area contributed by atoms with Crippen LogP contribution in [0.1, 0.15) is 12.8 Å². The van der Waals surface area contributed by atoms with Crippen molar-refractivity contribution in [2.45, 2.75) is 43.3 Å². The molecule has 0 aromatic heterocycles. The van der Waals surface area contributed by atoms with Gasteiger partial charge in [-0.1, -0.05) is 0 Å². The summed E-state index contributed by atoms with van der Waals surface area (Å²) >= 11 is 0. The van der Waals surface area contributed by atoms with Crippen LogP contribution in [0.15, 0.2) is 27.5 Å². The van der Waals surface area contributed by atoms with E-state index in [1.807, 2.05) is 0 Å². The third kappa shape index (κ3) is 3.58. The highest BCUT2D eigenvalue weighted by molar-refractivity contribution is 5.88. The average molecular weight is 446 g/mol. The molecule has 9 nitrogen and oxygen atoms in total. The number of morpholine rings is 1. The van der Waals surface area contributed by atoms with E-state index in [2.05, 4.69) is 30.7 Å². The molecule has 6 atom stereocenters. The first kappa shape index (κ1) is 20.7. The Morgan fingerprint density at radius 2 is 2.19 bits per heavy atom. The van der Waals surface area contributed by atoms with E-state index in [0.29, 0.717) is 18.2 Å². The lowest BCUT2D eigenvalue weighted by atomic mass is 9.93. The van der Waals surface area contributed by atoms with Gasteiger partial charge in [-0.25, -0.2) is 4.39 Å². The summed E-state index contributed by atoms with van der Waals surface area (Å²) in [5.74, 6) is -0.760. The highest BCUT2D eigenvalue weighted by Crippen LogP contribution is 2.49. The van der Waals surface area contributed by atoms with Crippen LogP contribution in [0.5, 0.6) is 0 Å². The molecule has 0 aromatic rings. The maximum absolute atomic E-state index is 14.0. The van der Waals surface area contributed by atoms with E-state index in [-0.39, 0.29) is 18.0 Å². The number of alkyl halides is 1. The zero-order valence-corrected chi connectivity index (χ0v) is 18.2. The number of piperidine rings is 1. The van der Waals surface area contributed by atoms with Crippen LogP contribution in [-0.2, 0) is 9.53 Å². The number of nitrogens with two attached hydrogens (primary N) is 1. The molecule has 5 unspecified atom stereocenters. The van der Waals surface area contributed by atoms with Gasteiger partial charge in [-0.15, -0.1) is 0 Å². The van der Waals surface area contributed by atoms with Gasteiger partial charge in [0, 0.05) is 68.7 Å². The van der Waals surface area contributed by atoms with E-state index in [0.717, 1.165) is 75.7 Å². The number of allylic oxidation sites excluding steroid dienone is 2. The van der Waals surface area contributed by atoms with Crippen molar-refractivity contribution < 1.29 is 13.9 Å². The summed E-state index contributed by atoms with van der Waals surface area (Å²) in [7, 11) is 0. The van der Waals surface area contributed by atoms with E-state index < -0.39 is 18.3 Å². The van der Waals surface area contributed by atoms with E-state index >= 15 is 0 Å². The van der Waals surface area contributed by atoms with Gasteiger partial charge in [-0.05, 0) is 18.5 Å². The van der Waals surface area contributed by atoms with Crippen molar-refractivity contribution in [1.29, 1.82) is 0 Å². The van der Waals surface area contributed by atoms with E-state index in [4.69, 9.17) is 10.5 Å². The van der Waals surface area contributed by atoms with Crippen molar-refractivity contribution >= 4 is 12.1 Å². The van der Waals surface area contributed by atoms with Crippen LogP contribution in [0.4, 0.5) is 4.39 Å². The fourth-order valence-electron chi connectivity index (χ4n) is 6.06. The number of carbonyl (C=O) groups excluding carboxylic acids is 1. The lowest BCUT2D eigenvalue weighted by molar-refractivity contribution is -0.126. The van der Waals surface area contributed by atoms with Gasteiger partial charge in [0.2, 0.25) is 5.91 Å². The van der Waals surface area contributed by atoms with Crippen LogP contribution in [0.3, 0.4) is 0 Å². The van der Waals surface area contributed by atoms with Crippen LogP contribution >= 0.6 is 0 Å². The van der Waals surface area contributed by atoms with Crippen LogP contribution in [-0.4, -0.2) is 105 Å². The van der Waals surface area contributed by atoms with Crippen LogP contribution in [0, 0.1) is 5.92 Å². The topological polar surface area (TPSA) is 107 Å². The molecule has 3 fully saturated rings. The Morgan fingerprint density at radius 3 is 3.09 bits per heavy atom. The van der Waals surface area contributed by atoms with E-state index in [1.165, 1.54) is 6.21 Å². The third-order valence-electron chi connectivity index (χ3n) is 7.78. The molecule has 6 aliphatic rings. The molecule has 0 radical (unpaired) electrons. The highest BCUT2D eigenvalue weighted by Gasteiger charge is 2.48. The first-order valence-electron chi connectivity index (χ1n) is 11.9. The Bertz CT molecular complexity index is 882. The van der Waals surface area contributed by atoms with Crippen molar-refractivity contribution in [3.8, 4) is 0 Å². The zero-order valence-electron chi connectivity index (χ0n) is 18.2. The number of carbonyl (C=O) groups is 1. The summed E-state index contributed by atoms with van der Waals surface area (Å²) in [6, 6.07) is 0.688. The molecular weight excluding hydrogens is 413 g/mol.